The number of phenolic OH excluding ortho intramolecular Hbond substituents is 1. The first kappa shape index (κ1) is 13.2. The Kier molecular flexibility index (Phi) is 3.13. The summed E-state index contributed by atoms with van der Waals surface area (Å²) in [4.78, 5) is 25.9. The Hall–Kier alpha value is -2.76. The van der Waals surface area contributed by atoms with Crippen molar-refractivity contribution in [3.8, 4) is 5.75 Å². The van der Waals surface area contributed by atoms with Crippen molar-refractivity contribution in [2.45, 2.75) is 6.04 Å². The van der Waals surface area contributed by atoms with E-state index in [4.69, 9.17) is 0 Å². The van der Waals surface area contributed by atoms with Gasteiger partial charge >= 0.3 is 6.03 Å². The molecule has 21 heavy (non-hydrogen) atoms. The highest BCUT2D eigenvalue weighted by Crippen LogP contribution is 2.32. The molecule has 108 valence electrons. The Bertz CT molecular complexity index is 649. The Balaban J connectivity index is 1.98. The molecule has 1 aromatic carbocycles. The first-order valence-corrected chi connectivity index (χ1v) is 6.60. The lowest BCUT2D eigenvalue weighted by Crippen LogP contribution is -2.44. The minimum Gasteiger partial charge on any atom is -0.508 e. The maximum Gasteiger partial charge on any atom is 0.319 e. The molecule has 0 spiro atoms. The fraction of sp³-hybridized carbons (Fsp3) is 0.200. The predicted octanol–water partition coefficient (Wildman–Crippen LogP) is 1.03. The van der Waals surface area contributed by atoms with Crippen LogP contribution in [0.15, 0.2) is 48.2 Å². The summed E-state index contributed by atoms with van der Waals surface area (Å²) >= 11 is 0. The number of urea groups is 1. The Morgan fingerprint density at radius 3 is 2.71 bits per heavy atom. The number of hydrogen-bond acceptors (Lipinski definition) is 3. The van der Waals surface area contributed by atoms with Crippen LogP contribution >= 0.6 is 0 Å². The number of nitrogens with zero attached hydrogens (tertiary/aromatic N) is 1. The molecule has 0 saturated carbocycles. The van der Waals surface area contributed by atoms with Gasteiger partial charge in [0, 0.05) is 6.54 Å². The van der Waals surface area contributed by atoms with Gasteiger partial charge in [0.25, 0.3) is 5.91 Å². The number of rotatable bonds is 3. The molecular weight excluding hydrogens is 270 g/mol. The van der Waals surface area contributed by atoms with Gasteiger partial charge in [0.2, 0.25) is 0 Å². The molecule has 0 aliphatic carbocycles. The number of aromatic hydroxyl groups is 1. The molecule has 3 N–H and O–H groups in total. The quantitative estimate of drug-likeness (QED) is 0.725. The van der Waals surface area contributed by atoms with E-state index in [1.54, 1.807) is 23.1 Å². The molecular formula is C15H15N3O3. The second-order valence-corrected chi connectivity index (χ2v) is 4.99. The number of carbonyl (C=O) groups is 2. The van der Waals surface area contributed by atoms with Gasteiger partial charge in [-0.3, -0.25) is 4.79 Å². The number of nitrogens with one attached hydrogen (secondary N) is 2. The third-order valence-corrected chi connectivity index (χ3v) is 3.60. The average molecular weight is 285 g/mol. The largest absolute Gasteiger partial charge is 0.508 e. The molecule has 1 unspecified atom stereocenters. The van der Waals surface area contributed by atoms with E-state index in [2.05, 4.69) is 17.2 Å². The smallest absolute Gasteiger partial charge is 0.319 e. The molecule has 0 aromatic heterocycles. The van der Waals surface area contributed by atoms with Gasteiger partial charge in [-0.05, 0) is 17.7 Å². The fourth-order valence-corrected chi connectivity index (χ4v) is 2.65. The summed E-state index contributed by atoms with van der Waals surface area (Å²) < 4.78 is 0. The maximum absolute atomic E-state index is 12.5. The lowest BCUT2D eigenvalue weighted by molar-refractivity contribution is -0.125. The number of amides is 3. The molecule has 3 amide bonds. The number of hydrogen-bond donors (Lipinski definition) is 3. The van der Waals surface area contributed by atoms with E-state index < -0.39 is 6.04 Å². The monoisotopic (exact) mass is 285 g/mol. The van der Waals surface area contributed by atoms with Crippen molar-refractivity contribution in [2.75, 3.05) is 13.1 Å². The molecule has 2 heterocycles. The molecule has 2 aliphatic heterocycles. The van der Waals surface area contributed by atoms with Crippen LogP contribution in [0.4, 0.5) is 4.79 Å². The summed E-state index contributed by atoms with van der Waals surface area (Å²) in [6.07, 6.45) is 1.65. The van der Waals surface area contributed by atoms with Crippen LogP contribution in [0.5, 0.6) is 5.75 Å². The standard InChI is InChI=1S/C15H15N3O3/c1-2-7-18-8-11-12(14(18)20)13(17-15(21)16-11)9-3-5-10(19)6-4-9/h2-6,13,19H,1,7-8H2,(H2,16,17,21). The first-order valence-electron chi connectivity index (χ1n) is 6.60. The third-order valence-electron chi connectivity index (χ3n) is 3.60. The molecule has 2 aliphatic rings. The zero-order chi connectivity index (χ0) is 15.0. The van der Waals surface area contributed by atoms with Crippen molar-refractivity contribution in [1.29, 1.82) is 0 Å². The van der Waals surface area contributed by atoms with Crippen molar-refractivity contribution in [1.82, 2.24) is 15.5 Å². The Morgan fingerprint density at radius 1 is 1.33 bits per heavy atom. The lowest BCUT2D eigenvalue weighted by Gasteiger charge is -2.25. The fourth-order valence-electron chi connectivity index (χ4n) is 2.65. The topological polar surface area (TPSA) is 81.7 Å². The summed E-state index contributed by atoms with van der Waals surface area (Å²) in [7, 11) is 0. The lowest BCUT2D eigenvalue weighted by atomic mass is 9.96. The van der Waals surface area contributed by atoms with Crippen molar-refractivity contribution in [3.05, 3.63) is 53.8 Å². The van der Waals surface area contributed by atoms with E-state index in [1.165, 1.54) is 12.1 Å². The van der Waals surface area contributed by atoms with E-state index in [9.17, 15) is 14.7 Å². The zero-order valence-corrected chi connectivity index (χ0v) is 11.3. The second-order valence-electron chi connectivity index (χ2n) is 4.99. The van der Waals surface area contributed by atoms with E-state index in [0.717, 1.165) is 5.56 Å². The first-order chi connectivity index (χ1) is 10.1. The van der Waals surface area contributed by atoms with Crippen molar-refractivity contribution >= 4 is 11.9 Å². The maximum atomic E-state index is 12.5. The summed E-state index contributed by atoms with van der Waals surface area (Å²) in [5.74, 6) is 0.0229. The summed E-state index contributed by atoms with van der Waals surface area (Å²) in [5, 5.41) is 14.8. The van der Waals surface area contributed by atoms with Crippen LogP contribution in [0, 0.1) is 0 Å². The van der Waals surface area contributed by atoms with Crippen LogP contribution in [-0.4, -0.2) is 35.0 Å². The van der Waals surface area contributed by atoms with Crippen molar-refractivity contribution < 1.29 is 14.7 Å². The van der Waals surface area contributed by atoms with Crippen LogP contribution < -0.4 is 10.6 Å². The predicted molar refractivity (Wildman–Crippen MR) is 76.3 cm³/mol. The Morgan fingerprint density at radius 2 is 2.05 bits per heavy atom. The average Bonchev–Trinajstić information content (AvgIpc) is 2.76. The molecule has 1 aromatic rings. The van der Waals surface area contributed by atoms with Crippen LogP contribution in [0.1, 0.15) is 11.6 Å². The van der Waals surface area contributed by atoms with Gasteiger partial charge in [-0.25, -0.2) is 4.79 Å². The molecule has 0 saturated heterocycles. The number of benzene rings is 1. The van der Waals surface area contributed by atoms with Crippen LogP contribution in [0.25, 0.3) is 0 Å². The minimum absolute atomic E-state index is 0.115. The van der Waals surface area contributed by atoms with Crippen molar-refractivity contribution in [3.63, 3.8) is 0 Å². The van der Waals surface area contributed by atoms with Crippen LogP contribution in [0.3, 0.4) is 0 Å². The van der Waals surface area contributed by atoms with Gasteiger partial charge in [-0.2, -0.15) is 0 Å². The van der Waals surface area contributed by atoms with Gasteiger partial charge in [-0.1, -0.05) is 18.2 Å². The number of carbonyl (C=O) groups excluding carboxylic acids is 2. The van der Waals surface area contributed by atoms with Gasteiger partial charge < -0.3 is 20.6 Å². The minimum atomic E-state index is -0.503. The van der Waals surface area contributed by atoms with Gasteiger partial charge in [0.1, 0.15) is 5.75 Å². The summed E-state index contributed by atoms with van der Waals surface area (Å²) in [5.41, 5.74) is 1.93. The third kappa shape index (κ3) is 2.24. The molecule has 3 rings (SSSR count). The van der Waals surface area contributed by atoms with Crippen LogP contribution in [-0.2, 0) is 4.79 Å². The van der Waals surface area contributed by atoms with E-state index in [-0.39, 0.29) is 17.7 Å². The highest BCUT2D eigenvalue weighted by molar-refractivity contribution is 6.01. The second kappa shape index (κ2) is 4.97. The summed E-state index contributed by atoms with van der Waals surface area (Å²) in [6, 6.07) is 5.62. The molecule has 0 radical (unpaired) electrons. The highest BCUT2D eigenvalue weighted by atomic mass is 16.3. The Labute approximate surface area is 121 Å². The van der Waals surface area contributed by atoms with Crippen LogP contribution in [0.2, 0.25) is 0 Å². The molecule has 6 nitrogen and oxygen atoms in total. The van der Waals surface area contributed by atoms with E-state index >= 15 is 0 Å². The molecule has 0 bridgehead atoms. The SMILES string of the molecule is C=CCN1CC2=C(C1=O)C(c1ccc(O)cc1)NC(=O)N2. The number of phenols is 1. The molecule has 0 fully saturated rings. The van der Waals surface area contributed by atoms with E-state index in [1.807, 2.05) is 0 Å². The summed E-state index contributed by atoms with van der Waals surface area (Å²) in [6.45, 7) is 4.45. The van der Waals surface area contributed by atoms with Gasteiger partial charge in [0.15, 0.2) is 0 Å². The van der Waals surface area contributed by atoms with Crippen molar-refractivity contribution in [2.24, 2.45) is 0 Å². The molecule has 6 heteroatoms. The van der Waals surface area contributed by atoms with E-state index in [0.29, 0.717) is 24.4 Å². The molecule has 1 atom stereocenters. The zero-order valence-electron chi connectivity index (χ0n) is 11.3. The van der Waals surface area contributed by atoms with Gasteiger partial charge in [-0.15, -0.1) is 6.58 Å². The normalized spacial score (nSPS) is 21.0. The highest BCUT2D eigenvalue weighted by Gasteiger charge is 2.39. The van der Waals surface area contributed by atoms with Gasteiger partial charge in [0.05, 0.1) is 23.9 Å².